The average Bonchev–Trinajstić information content (AvgIpc) is 2.91. The van der Waals surface area contributed by atoms with E-state index in [9.17, 15) is 4.79 Å². The summed E-state index contributed by atoms with van der Waals surface area (Å²) in [6.45, 7) is 17.1. The second-order valence-electron chi connectivity index (χ2n) is 7.78. The van der Waals surface area contributed by atoms with Crippen molar-refractivity contribution >= 4 is 17.7 Å². The van der Waals surface area contributed by atoms with Crippen molar-refractivity contribution < 1.29 is 42.7 Å². The number of nitrogens with zero attached hydrogens (tertiary/aromatic N) is 2. The quantitative estimate of drug-likeness (QED) is 0.0663. The highest BCUT2D eigenvalue weighted by atomic mass is 16.6. The highest BCUT2D eigenvalue weighted by Gasteiger charge is 1.98. The minimum absolute atomic E-state index is 0.126. The molecule has 0 aromatic heterocycles. The van der Waals surface area contributed by atoms with Crippen LogP contribution in [0.4, 0.5) is 0 Å². The van der Waals surface area contributed by atoms with Crippen molar-refractivity contribution in [2.75, 3.05) is 106 Å². The van der Waals surface area contributed by atoms with Gasteiger partial charge < -0.3 is 43.7 Å². The number of ether oxygens (including phenoxy) is 8. The number of rotatable bonds is 28. The minimum Gasteiger partial charge on any atom is -0.379 e. The number of Topliss-reactive ketones (excluding diaryl/α,β-unsaturated/α-hetero) is 1. The zero-order chi connectivity index (χ0) is 28.5. The van der Waals surface area contributed by atoms with Crippen LogP contribution in [-0.4, -0.2) is 129 Å². The van der Waals surface area contributed by atoms with Gasteiger partial charge in [-0.05, 0) is 20.8 Å². The zero-order valence-electron chi connectivity index (χ0n) is 24.3. The molecule has 0 radical (unpaired) electrons. The fourth-order valence-corrected chi connectivity index (χ4v) is 2.28. The molecule has 2 N–H and O–H groups in total. The molecule has 0 saturated heterocycles. The van der Waals surface area contributed by atoms with E-state index in [0.29, 0.717) is 118 Å². The molecule has 0 aromatic carbocycles. The normalized spacial score (nSPS) is 11.8. The van der Waals surface area contributed by atoms with Gasteiger partial charge in [0.25, 0.3) is 0 Å². The molecule has 0 bridgehead atoms. The van der Waals surface area contributed by atoms with Crippen LogP contribution in [0, 0.1) is 0 Å². The van der Waals surface area contributed by atoms with Gasteiger partial charge >= 0.3 is 0 Å². The molecule has 0 heterocycles. The molecule has 0 amide bonds. The molecule has 0 spiro atoms. The highest BCUT2D eigenvalue weighted by Crippen LogP contribution is 1.88. The third-order valence-electron chi connectivity index (χ3n) is 4.14. The summed E-state index contributed by atoms with van der Waals surface area (Å²) in [5, 5.41) is 3.63. The van der Waals surface area contributed by atoms with E-state index in [1.165, 1.54) is 0 Å². The van der Waals surface area contributed by atoms with Crippen LogP contribution >= 0.6 is 0 Å². The van der Waals surface area contributed by atoms with E-state index < -0.39 is 0 Å². The van der Waals surface area contributed by atoms with Crippen LogP contribution in [0.1, 0.15) is 41.0 Å². The van der Waals surface area contributed by atoms with Crippen molar-refractivity contribution in [3.8, 4) is 0 Å². The van der Waals surface area contributed by atoms with Gasteiger partial charge in [0.05, 0.1) is 106 Å². The fraction of sp³-hybridized carbons (Fsp3) is 0.885. The minimum atomic E-state index is 0.126. The third kappa shape index (κ3) is 34.5. The van der Waals surface area contributed by atoms with Crippen molar-refractivity contribution in [2.45, 2.75) is 47.1 Å². The first kappa shape index (κ1) is 38.6. The van der Waals surface area contributed by atoms with Crippen LogP contribution in [0.15, 0.2) is 10.1 Å². The Balaban J connectivity index is 0. The predicted molar refractivity (Wildman–Crippen MR) is 148 cm³/mol. The second-order valence-corrected chi connectivity index (χ2v) is 7.78. The number of aliphatic imine (C=N–C) groups is 1. The monoisotopic (exact) mass is 551 g/mol. The van der Waals surface area contributed by atoms with Gasteiger partial charge in [-0.1, -0.05) is 13.8 Å². The summed E-state index contributed by atoms with van der Waals surface area (Å²) >= 11 is 0. The number of hydrazone groups is 1. The van der Waals surface area contributed by atoms with Crippen LogP contribution in [-0.2, 0) is 42.7 Å². The Kier molecular flexibility index (Phi) is 34.1. The number of hydrogen-bond donors (Lipinski definition) is 1. The molecule has 0 fully saturated rings. The predicted octanol–water partition coefficient (Wildman–Crippen LogP) is 1.92. The van der Waals surface area contributed by atoms with E-state index in [1.807, 2.05) is 27.7 Å². The Morgan fingerprint density at radius 2 is 0.947 bits per heavy atom. The largest absolute Gasteiger partial charge is 0.379 e. The number of ketones is 1. The summed E-state index contributed by atoms with van der Waals surface area (Å²) < 4.78 is 43.2. The second kappa shape index (κ2) is 33.5. The van der Waals surface area contributed by atoms with Crippen molar-refractivity contribution in [2.24, 2.45) is 15.9 Å². The fourth-order valence-electron chi connectivity index (χ4n) is 2.28. The number of carbonyl (C=O) groups is 1. The standard InChI is InChI=1S/C24H47N3O9.C2H6/c1-22(2)26-20-24(27-25)21-36-19-18-35-17-16-34-15-14-33-13-12-32-11-10-31-9-8-30-7-6-29-5-4-23(3)28;1-2/h20,22H,4-19,21,25H2,1-3H3;1-2H3/b26-20?,27-24+;. The Morgan fingerprint density at radius 1 is 0.632 bits per heavy atom. The van der Waals surface area contributed by atoms with E-state index >= 15 is 0 Å². The van der Waals surface area contributed by atoms with Crippen LogP contribution in [0.3, 0.4) is 0 Å². The summed E-state index contributed by atoms with van der Waals surface area (Å²) in [5.41, 5.74) is 0.591. The summed E-state index contributed by atoms with van der Waals surface area (Å²) in [4.78, 5) is 15.0. The molecule has 12 heteroatoms. The number of carbonyl (C=O) groups excluding carboxylic acids is 1. The lowest BCUT2D eigenvalue weighted by Gasteiger charge is -2.08. The Hall–Kier alpha value is -1.51. The third-order valence-corrected chi connectivity index (χ3v) is 4.14. The Labute approximate surface area is 229 Å². The van der Waals surface area contributed by atoms with Gasteiger partial charge in [0.15, 0.2) is 0 Å². The van der Waals surface area contributed by atoms with Gasteiger partial charge in [-0.25, -0.2) is 0 Å². The Bertz CT molecular complexity index is 550. The molecule has 38 heavy (non-hydrogen) atoms. The molecular formula is C26H53N3O9. The Morgan fingerprint density at radius 3 is 1.24 bits per heavy atom. The number of hydrogen-bond acceptors (Lipinski definition) is 12. The maximum Gasteiger partial charge on any atom is 0.132 e. The first-order valence-corrected chi connectivity index (χ1v) is 13.5. The smallest absolute Gasteiger partial charge is 0.132 e. The number of nitrogens with two attached hydrogens (primary N) is 1. The molecular weight excluding hydrogens is 498 g/mol. The molecule has 0 aliphatic rings. The zero-order valence-corrected chi connectivity index (χ0v) is 24.3. The summed E-state index contributed by atoms with van der Waals surface area (Å²) in [7, 11) is 0. The maximum absolute atomic E-state index is 10.7. The van der Waals surface area contributed by atoms with Gasteiger partial charge in [0, 0.05) is 18.7 Å². The lowest BCUT2D eigenvalue weighted by molar-refractivity contribution is -0.118. The van der Waals surface area contributed by atoms with Gasteiger partial charge in [0.2, 0.25) is 0 Å². The maximum atomic E-state index is 10.7. The molecule has 0 unspecified atom stereocenters. The molecule has 0 aromatic rings. The van der Waals surface area contributed by atoms with Gasteiger partial charge in [-0.3, -0.25) is 9.79 Å². The highest BCUT2D eigenvalue weighted by molar-refractivity contribution is 6.31. The van der Waals surface area contributed by atoms with E-state index in [1.54, 1.807) is 13.1 Å². The first-order chi connectivity index (χ1) is 18.6. The van der Waals surface area contributed by atoms with Crippen LogP contribution < -0.4 is 5.84 Å². The summed E-state index contributed by atoms with van der Waals surface area (Å²) in [5.74, 6) is 5.42. The van der Waals surface area contributed by atoms with E-state index in [4.69, 9.17) is 43.7 Å². The van der Waals surface area contributed by atoms with E-state index in [0.717, 1.165) is 0 Å². The lowest BCUT2D eigenvalue weighted by atomic mass is 10.3. The van der Waals surface area contributed by atoms with Crippen molar-refractivity contribution in [1.82, 2.24) is 0 Å². The van der Waals surface area contributed by atoms with E-state index in [-0.39, 0.29) is 11.8 Å². The SMILES string of the molecule is CC.CC(=O)CCOCCOCCOCCOCCOCCOCCOCCOC/C(C=NC(C)C)=N/N. The molecule has 0 saturated carbocycles. The first-order valence-electron chi connectivity index (χ1n) is 13.5. The average molecular weight is 552 g/mol. The van der Waals surface area contributed by atoms with Crippen molar-refractivity contribution in [3.63, 3.8) is 0 Å². The van der Waals surface area contributed by atoms with Crippen LogP contribution in [0.25, 0.3) is 0 Å². The van der Waals surface area contributed by atoms with E-state index in [2.05, 4.69) is 10.1 Å². The molecule has 226 valence electrons. The molecule has 0 aliphatic heterocycles. The van der Waals surface area contributed by atoms with Crippen molar-refractivity contribution in [3.05, 3.63) is 0 Å². The molecule has 0 aliphatic carbocycles. The summed E-state index contributed by atoms with van der Waals surface area (Å²) in [6, 6.07) is 0.190. The molecule has 0 rings (SSSR count). The van der Waals surface area contributed by atoms with Gasteiger partial charge in [-0.2, -0.15) is 5.10 Å². The topological polar surface area (TPSA) is 142 Å². The van der Waals surface area contributed by atoms with Gasteiger partial charge in [-0.15, -0.1) is 0 Å². The molecule has 0 atom stereocenters. The van der Waals surface area contributed by atoms with Crippen LogP contribution in [0.5, 0.6) is 0 Å². The van der Waals surface area contributed by atoms with Crippen molar-refractivity contribution in [1.29, 1.82) is 0 Å². The van der Waals surface area contributed by atoms with Gasteiger partial charge in [0.1, 0.15) is 11.5 Å². The van der Waals surface area contributed by atoms with Crippen LogP contribution in [0.2, 0.25) is 0 Å². The summed E-state index contributed by atoms with van der Waals surface area (Å²) in [6.07, 6.45) is 2.07. The lowest BCUT2D eigenvalue weighted by Crippen LogP contribution is -2.17. The molecule has 12 nitrogen and oxygen atoms in total.